The van der Waals surface area contributed by atoms with E-state index >= 15 is 0 Å². The Balaban J connectivity index is 1.31. The average Bonchev–Trinajstić information content (AvgIpc) is 3.52. The van der Waals surface area contributed by atoms with E-state index in [1.807, 2.05) is 22.7 Å². The van der Waals surface area contributed by atoms with Crippen molar-refractivity contribution in [1.29, 1.82) is 0 Å². The Morgan fingerprint density at radius 2 is 1.89 bits per heavy atom. The molecule has 0 spiro atoms. The highest BCUT2D eigenvalue weighted by Gasteiger charge is 2.24. The summed E-state index contributed by atoms with van der Waals surface area (Å²) in [7, 11) is 0. The molecule has 2 N–H and O–H groups in total. The van der Waals surface area contributed by atoms with Crippen molar-refractivity contribution in [2.24, 2.45) is 0 Å². The molecule has 2 aliphatic rings. The predicted octanol–water partition coefficient (Wildman–Crippen LogP) is 2.37. The van der Waals surface area contributed by atoms with Crippen LogP contribution in [-0.4, -0.2) is 74.8 Å². The van der Waals surface area contributed by atoms with Gasteiger partial charge in [0.25, 0.3) is 0 Å². The average molecular weight is 496 g/mol. The van der Waals surface area contributed by atoms with Gasteiger partial charge in [0.05, 0.1) is 34.9 Å². The van der Waals surface area contributed by atoms with Crippen molar-refractivity contribution in [3.63, 3.8) is 0 Å². The minimum atomic E-state index is -0.102. The number of hydrogen-bond acceptors (Lipinski definition) is 8. The normalized spacial score (nSPS) is 17.4. The van der Waals surface area contributed by atoms with E-state index in [2.05, 4.69) is 25.7 Å². The van der Waals surface area contributed by atoms with Crippen molar-refractivity contribution in [3.05, 3.63) is 24.4 Å². The van der Waals surface area contributed by atoms with Gasteiger partial charge in [0.15, 0.2) is 5.65 Å². The Kier molecular flexibility index (Phi) is 7.17. The quantitative estimate of drug-likeness (QED) is 0.511. The van der Waals surface area contributed by atoms with Crippen LogP contribution in [0, 0.1) is 0 Å². The smallest absolute Gasteiger partial charge is 0.229 e. The highest BCUT2D eigenvalue weighted by Crippen LogP contribution is 2.34. The van der Waals surface area contributed by atoms with E-state index in [0.717, 1.165) is 67.7 Å². The number of likely N-dealkylation sites (tertiary alicyclic amines) is 1. The molecule has 2 aliphatic heterocycles. The Bertz CT molecular complexity index is 1220. The van der Waals surface area contributed by atoms with E-state index in [1.165, 1.54) is 6.26 Å². The first-order valence-electron chi connectivity index (χ1n) is 12.7. The van der Waals surface area contributed by atoms with Gasteiger partial charge in [-0.2, -0.15) is 5.10 Å². The molecule has 0 bridgehead atoms. The summed E-state index contributed by atoms with van der Waals surface area (Å²) in [5.41, 5.74) is 3.00. The number of aromatic nitrogens is 4. The number of fused-ring (bicyclic) bond motifs is 1. The van der Waals surface area contributed by atoms with E-state index in [4.69, 9.17) is 9.15 Å². The molecule has 0 unspecified atom stereocenters. The van der Waals surface area contributed by atoms with E-state index < -0.39 is 0 Å². The molecule has 11 heteroatoms. The minimum absolute atomic E-state index is 0.0662. The van der Waals surface area contributed by atoms with Crippen LogP contribution in [0.5, 0.6) is 0 Å². The number of hydrogen-bond donors (Lipinski definition) is 2. The standard InChI is InChI=1S/C25H33N7O4/c1-3-32-24-20(14-27-32)23(29-18-6-10-35-11-7-18)21(13-26-24)25-30-19(15-36-25)12-22(34)28-17-4-8-31(9-5-17)16(2)33/h13-15,17-18H,3-12H2,1-2H3,(H,26,29)(H,28,34). The summed E-state index contributed by atoms with van der Waals surface area (Å²) in [5, 5.41) is 12.1. The summed E-state index contributed by atoms with van der Waals surface area (Å²) < 4.78 is 13.2. The second-order valence-corrected chi connectivity index (χ2v) is 9.44. The van der Waals surface area contributed by atoms with Crippen LogP contribution in [0.25, 0.3) is 22.5 Å². The first-order chi connectivity index (χ1) is 17.5. The molecule has 3 aromatic heterocycles. The van der Waals surface area contributed by atoms with Gasteiger partial charge in [-0.05, 0) is 32.6 Å². The summed E-state index contributed by atoms with van der Waals surface area (Å²) in [4.78, 5) is 35.2. The largest absolute Gasteiger partial charge is 0.444 e. The lowest BCUT2D eigenvalue weighted by atomic mass is 10.0. The van der Waals surface area contributed by atoms with Crippen LogP contribution in [0.3, 0.4) is 0 Å². The molecule has 192 valence electrons. The number of amides is 2. The molecule has 0 aliphatic carbocycles. The maximum atomic E-state index is 12.7. The zero-order chi connectivity index (χ0) is 25.1. The maximum Gasteiger partial charge on any atom is 0.229 e. The predicted molar refractivity (Wildman–Crippen MR) is 133 cm³/mol. The number of anilines is 1. The number of nitrogens with one attached hydrogen (secondary N) is 2. The van der Waals surface area contributed by atoms with E-state index in [9.17, 15) is 9.59 Å². The number of oxazole rings is 1. The molecule has 2 amide bonds. The van der Waals surface area contributed by atoms with Crippen LogP contribution < -0.4 is 10.6 Å². The Labute approximate surface area is 209 Å². The van der Waals surface area contributed by atoms with Crippen molar-refractivity contribution in [1.82, 2.24) is 30.0 Å². The SMILES string of the molecule is CCn1ncc2c(NC3CCOCC3)c(-c3nc(CC(=O)NC4CCN(C(C)=O)CC4)co3)cnc21. The molecule has 0 radical (unpaired) electrons. The van der Waals surface area contributed by atoms with Crippen LogP contribution in [0.1, 0.15) is 45.2 Å². The fourth-order valence-corrected chi connectivity index (χ4v) is 4.92. The lowest BCUT2D eigenvalue weighted by molar-refractivity contribution is -0.130. The van der Waals surface area contributed by atoms with Crippen molar-refractivity contribution in [2.45, 2.75) is 64.6 Å². The Morgan fingerprint density at radius 1 is 1.11 bits per heavy atom. The van der Waals surface area contributed by atoms with Gasteiger partial charge < -0.3 is 24.7 Å². The van der Waals surface area contributed by atoms with Crippen molar-refractivity contribution in [3.8, 4) is 11.5 Å². The number of rotatable bonds is 7. The van der Waals surface area contributed by atoms with Gasteiger partial charge in [0.2, 0.25) is 17.7 Å². The lowest BCUT2D eigenvalue weighted by Crippen LogP contribution is -2.46. The highest BCUT2D eigenvalue weighted by atomic mass is 16.5. The summed E-state index contributed by atoms with van der Waals surface area (Å²) in [6.45, 7) is 7.12. The highest BCUT2D eigenvalue weighted by molar-refractivity contribution is 5.96. The third-order valence-electron chi connectivity index (χ3n) is 6.96. The molecule has 36 heavy (non-hydrogen) atoms. The molecule has 2 fully saturated rings. The zero-order valence-corrected chi connectivity index (χ0v) is 20.8. The van der Waals surface area contributed by atoms with Gasteiger partial charge in [-0.15, -0.1) is 0 Å². The Morgan fingerprint density at radius 3 is 2.61 bits per heavy atom. The van der Waals surface area contributed by atoms with Crippen LogP contribution in [0.4, 0.5) is 5.69 Å². The van der Waals surface area contributed by atoms with E-state index in [-0.39, 0.29) is 30.3 Å². The van der Waals surface area contributed by atoms with Crippen molar-refractivity contribution in [2.75, 3.05) is 31.6 Å². The third-order valence-corrected chi connectivity index (χ3v) is 6.96. The van der Waals surface area contributed by atoms with Gasteiger partial charge in [0, 0.05) is 58.1 Å². The van der Waals surface area contributed by atoms with Crippen molar-refractivity contribution >= 4 is 28.5 Å². The molecular weight excluding hydrogens is 462 g/mol. The third kappa shape index (κ3) is 5.20. The van der Waals surface area contributed by atoms with Crippen molar-refractivity contribution < 1.29 is 18.7 Å². The van der Waals surface area contributed by atoms with Gasteiger partial charge >= 0.3 is 0 Å². The second kappa shape index (κ2) is 10.7. The van der Waals surface area contributed by atoms with E-state index in [1.54, 1.807) is 13.1 Å². The number of aryl methyl sites for hydroxylation is 1. The molecule has 2 saturated heterocycles. The summed E-state index contributed by atoms with van der Waals surface area (Å²) in [5.74, 6) is 0.394. The lowest BCUT2D eigenvalue weighted by Gasteiger charge is -2.31. The first kappa shape index (κ1) is 24.2. The van der Waals surface area contributed by atoms with Gasteiger partial charge in [-0.3, -0.25) is 9.59 Å². The number of carbonyl (C=O) groups is 2. The molecule has 11 nitrogen and oxygen atoms in total. The number of piperidine rings is 1. The first-order valence-corrected chi connectivity index (χ1v) is 12.7. The van der Waals surface area contributed by atoms with Crippen LogP contribution in [0.15, 0.2) is 23.1 Å². The summed E-state index contributed by atoms with van der Waals surface area (Å²) >= 11 is 0. The monoisotopic (exact) mass is 495 g/mol. The summed E-state index contributed by atoms with van der Waals surface area (Å²) in [6, 6.07) is 0.333. The Hall–Kier alpha value is -3.47. The fourth-order valence-electron chi connectivity index (χ4n) is 4.92. The van der Waals surface area contributed by atoms with Gasteiger partial charge in [-0.25, -0.2) is 14.6 Å². The summed E-state index contributed by atoms with van der Waals surface area (Å²) in [6.07, 6.45) is 8.58. The van der Waals surface area contributed by atoms with Crippen LogP contribution >= 0.6 is 0 Å². The number of pyridine rings is 1. The van der Waals surface area contributed by atoms with E-state index in [0.29, 0.717) is 24.7 Å². The van der Waals surface area contributed by atoms with Crippen LogP contribution in [-0.2, 0) is 27.3 Å². The molecular formula is C25H33N7O4. The second-order valence-electron chi connectivity index (χ2n) is 9.44. The minimum Gasteiger partial charge on any atom is -0.444 e. The maximum absolute atomic E-state index is 12.7. The number of nitrogens with zero attached hydrogens (tertiary/aromatic N) is 5. The van der Waals surface area contributed by atoms with Crippen LogP contribution in [0.2, 0.25) is 0 Å². The molecule has 0 saturated carbocycles. The number of carbonyl (C=O) groups excluding carboxylic acids is 2. The molecule has 0 aromatic carbocycles. The zero-order valence-electron chi connectivity index (χ0n) is 20.8. The molecule has 3 aromatic rings. The molecule has 5 rings (SSSR count). The van der Waals surface area contributed by atoms with Gasteiger partial charge in [0.1, 0.15) is 6.26 Å². The molecule has 5 heterocycles. The van der Waals surface area contributed by atoms with Gasteiger partial charge in [-0.1, -0.05) is 0 Å². The molecule has 0 atom stereocenters. The fraction of sp³-hybridized carbons (Fsp3) is 0.560. The topological polar surface area (TPSA) is 127 Å². The number of ether oxygens (including phenoxy) is 1.